The van der Waals surface area contributed by atoms with Gasteiger partial charge in [-0.1, -0.05) is 11.6 Å². The van der Waals surface area contributed by atoms with Crippen LogP contribution in [0.25, 0.3) is 0 Å². The van der Waals surface area contributed by atoms with Crippen LogP contribution in [-0.2, 0) is 13.0 Å². The zero-order valence-corrected chi connectivity index (χ0v) is 12.7. The normalized spacial score (nSPS) is 12.4. The van der Waals surface area contributed by atoms with Crippen molar-refractivity contribution in [2.45, 2.75) is 32.9 Å². The minimum Gasteiger partial charge on any atom is -0.467 e. The average Bonchev–Trinajstić information content (AvgIpc) is 2.89. The third kappa shape index (κ3) is 3.78. The van der Waals surface area contributed by atoms with Crippen molar-refractivity contribution in [3.05, 3.63) is 52.9 Å². The summed E-state index contributed by atoms with van der Waals surface area (Å²) < 4.78 is 5.44. The molecular weight excluding hydrogens is 272 g/mol. The summed E-state index contributed by atoms with van der Waals surface area (Å²) in [6, 6.07) is 10.00. The Morgan fingerprint density at radius 2 is 2.15 bits per heavy atom. The Morgan fingerprint density at radius 3 is 2.75 bits per heavy atom. The quantitative estimate of drug-likeness (QED) is 0.879. The van der Waals surface area contributed by atoms with Crippen LogP contribution in [0.2, 0.25) is 5.02 Å². The summed E-state index contributed by atoms with van der Waals surface area (Å²) in [5.74, 6) is 0.952. The van der Waals surface area contributed by atoms with Crippen molar-refractivity contribution >= 4 is 17.3 Å². The van der Waals surface area contributed by atoms with Gasteiger partial charge in [-0.3, -0.25) is 0 Å². The fourth-order valence-electron chi connectivity index (χ4n) is 2.33. The van der Waals surface area contributed by atoms with E-state index in [1.165, 1.54) is 11.3 Å². The minimum absolute atomic E-state index is 0.106. The van der Waals surface area contributed by atoms with Gasteiger partial charge in [-0.2, -0.15) is 0 Å². The van der Waals surface area contributed by atoms with Crippen LogP contribution in [0.15, 0.2) is 41.0 Å². The molecule has 1 heterocycles. The molecule has 108 valence electrons. The Balaban J connectivity index is 2.28. The first-order chi connectivity index (χ1) is 9.60. The summed E-state index contributed by atoms with van der Waals surface area (Å²) in [5, 5.41) is 0.749. The lowest BCUT2D eigenvalue weighted by molar-refractivity contribution is 0.503. The summed E-state index contributed by atoms with van der Waals surface area (Å²) in [5.41, 5.74) is 8.29. The van der Waals surface area contributed by atoms with E-state index in [0.29, 0.717) is 0 Å². The van der Waals surface area contributed by atoms with Crippen LogP contribution in [-0.4, -0.2) is 12.6 Å². The zero-order chi connectivity index (χ0) is 14.5. The van der Waals surface area contributed by atoms with E-state index in [1.807, 2.05) is 31.2 Å². The number of benzene rings is 1. The highest BCUT2D eigenvalue weighted by Gasteiger charge is 2.13. The van der Waals surface area contributed by atoms with Gasteiger partial charge < -0.3 is 15.1 Å². The molecule has 20 heavy (non-hydrogen) atoms. The highest BCUT2D eigenvalue weighted by molar-refractivity contribution is 6.30. The predicted octanol–water partition coefficient (Wildman–Crippen LogP) is 3.85. The van der Waals surface area contributed by atoms with Crippen molar-refractivity contribution in [3.8, 4) is 0 Å². The van der Waals surface area contributed by atoms with Gasteiger partial charge in [-0.05, 0) is 56.2 Å². The molecule has 2 aromatic rings. The molecule has 1 unspecified atom stereocenters. The summed E-state index contributed by atoms with van der Waals surface area (Å²) >= 11 is 6.11. The van der Waals surface area contributed by atoms with E-state index in [9.17, 15) is 0 Å². The number of nitrogens with two attached hydrogens (primary N) is 1. The van der Waals surface area contributed by atoms with E-state index in [4.69, 9.17) is 21.8 Å². The van der Waals surface area contributed by atoms with Crippen LogP contribution in [0.4, 0.5) is 5.69 Å². The summed E-state index contributed by atoms with van der Waals surface area (Å²) in [4.78, 5) is 2.27. The average molecular weight is 293 g/mol. The summed E-state index contributed by atoms with van der Waals surface area (Å²) in [6.07, 6.45) is 2.51. The van der Waals surface area contributed by atoms with Crippen LogP contribution >= 0.6 is 11.6 Å². The second-order valence-corrected chi connectivity index (χ2v) is 5.48. The van der Waals surface area contributed by atoms with Crippen molar-refractivity contribution in [1.29, 1.82) is 0 Å². The molecule has 1 atom stereocenters. The highest BCUT2D eigenvalue weighted by Crippen LogP contribution is 2.27. The van der Waals surface area contributed by atoms with Crippen molar-refractivity contribution < 1.29 is 4.42 Å². The van der Waals surface area contributed by atoms with Crippen LogP contribution in [0, 0.1) is 0 Å². The van der Waals surface area contributed by atoms with Crippen molar-refractivity contribution in [2.24, 2.45) is 5.73 Å². The van der Waals surface area contributed by atoms with Gasteiger partial charge in [0.15, 0.2) is 0 Å². The maximum Gasteiger partial charge on any atom is 0.123 e. The van der Waals surface area contributed by atoms with Gasteiger partial charge in [-0.15, -0.1) is 0 Å². The van der Waals surface area contributed by atoms with E-state index < -0.39 is 0 Å². The topological polar surface area (TPSA) is 42.4 Å². The van der Waals surface area contributed by atoms with Gasteiger partial charge in [0, 0.05) is 23.3 Å². The largest absolute Gasteiger partial charge is 0.467 e. The standard InChI is InChI=1S/C16H21ClN2O/c1-3-19(11-15-5-4-8-20-15)16-7-6-14(17)10-13(16)9-12(2)18/h4-8,10,12H,3,9,11,18H2,1-2H3. The molecule has 3 nitrogen and oxygen atoms in total. The van der Waals surface area contributed by atoms with Crippen LogP contribution < -0.4 is 10.6 Å². The molecule has 0 saturated carbocycles. The molecule has 1 aromatic heterocycles. The SMILES string of the molecule is CCN(Cc1ccco1)c1ccc(Cl)cc1CC(C)N. The second kappa shape index (κ2) is 6.82. The molecule has 0 bridgehead atoms. The first kappa shape index (κ1) is 14.9. The summed E-state index contributed by atoms with van der Waals surface area (Å²) in [6.45, 7) is 5.78. The molecule has 4 heteroatoms. The Bertz CT molecular complexity index is 537. The fourth-order valence-corrected chi connectivity index (χ4v) is 2.53. The van der Waals surface area contributed by atoms with E-state index >= 15 is 0 Å². The van der Waals surface area contributed by atoms with Gasteiger partial charge in [0.25, 0.3) is 0 Å². The Kier molecular flexibility index (Phi) is 5.10. The monoisotopic (exact) mass is 292 g/mol. The number of nitrogens with zero attached hydrogens (tertiary/aromatic N) is 1. The number of anilines is 1. The Hall–Kier alpha value is -1.45. The van der Waals surface area contributed by atoms with Crippen molar-refractivity contribution in [1.82, 2.24) is 0 Å². The molecule has 0 aliphatic carbocycles. The van der Waals surface area contributed by atoms with Gasteiger partial charge in [0.1, 0.15) is 5.76 Å². The third-order valence-corrected chi connectivity index (χ3v) is 3.47. The molecule has 1 aromatic carbocycles. The third-order valence-electron chi connectivity index (χ3n) is 3.23. The maximum atomic E-state index is 6.11. The van der Waals surface area contributed by atoms with E-state index in [-0.39, 0.29) is 6.04 Å². The number of hydrogen-bond donors (Lipinski definition) is 1. The molecule has 0 aliphatic heterocycles. The predicted molar refractivity (Wildman–Crippen MR) is 84.2 cm³/mol. The lowest BCUT2D eigenvalue weighted by Gasteiger charge is -2.25. The number of furan rings is 1. The Labute approximate surface area is 125 Å². The molecule has 0 aliphatic rings. The minimum atomic E-state index is 0.106. The second-order valence-electron chi connectivity index (χ2n) is 5.05. The molecule has 0 amide bonds. The van der Waals surface area contributed by atoms with Gasteiger partial charge in [0.2, 0.25) is 0 Å². The summed E-state index contributed by atoms with van der Waals surface area (Å²) in [7, 11) is 0. The molecule has 2 rings (SSSR count). The first-order valence-electron chi connectivity index (χ1n) is 6.91. The lowest BCUT2D eigenvalue weighted by Crippen LogP contribution is -2.25. The lowest BCUT2D eigenvalue weighted by atomic mass is 10.0. The number of hydrogen-bond acceptors (Lipinski definition) is 3. The molecule has 0 radical (unpaired) electrons. The smallest absolute Gasteiger partial charge is 0.123 e. The molecule has 0 fully saturated rings. The Morgan fingerprint density at radius 1 is 1.35 bits per heavy atom. The maximum absolute atomic E-state index is 6.11. The van der Waals surface area contributed by atoms with Gasteiger partial charge in [0.05, 0.1) is 12.8 Å². The number of rotatable bonds is 6. The van der Waals surface area contributed by atoms with E-state index in [2.05, 4.69) is 17.9 Å². The van der Waals surface area contributed by atoms with Gasteiger partial charge in [-0.25, -0.2) is 0 Å². The number of halogens is 1. The van der Waals surface area contributed by atoms with Crippen molar-refractivity contribution in [3.63, 3.8) is 0 Å². The van der Waals surface area contributed by atoms with Gasteiger partial charge >= 0.3 is 0 Å². The van der Waals surface area contributed by atoms with Crippen molar-refractivity contribution in [2.75, 3.05) is 11.4 Å². The molecule has 0 spiro atoms. The van der Waals surface area contributed by atoms with E-state index in [1.54, 1.807) is 6.26 Å². The van der Waals surface area contributed by atoms with Crippen LogP contribution in [0.5, 0.6) is 0 Å². The molecule has 0 saturated heterocycles. The van der Waals surface area contributed by atoms with Crippen LogP contribution in [0.1, 0.15) is 25.2 Å². The zero-order valence-electron chi connectivity index (χ0n) is 12.0. The first-order valence-corrected chi connectivity index (χ1v) is 7.29. The molecule has 2 N–H and O–H groups in total. The highest BCUT2D eigenvalue weighted by atomic mass is 35.5. The van der Waals surface area contributed by atoms with Crippen LogP contribution in [0.3, 0.4) is 0 Å². The van der Waals surface area contributed by atoms with E-state index in [0.717, 1.165) is 30.3 Å². The fraction of sp³-hybridized carbons (Fsp3) is 0.375. The molecular formula is C16H21ClN2O.